The molecule has 3 rings (SSSR count). The number of benzene rings is 2. The van der Waals surface area contributed by atoms with Crippen LogP contribution in [-0.2, 0) is 0 Å². The highest BCUT2D eigenvalue weighted by Crippen LogP contribution is 2.21. The van der Waals surface area contributed by atoms with Gasteiger partial charge in [-0.05, 0) is 12.1 Å². The van der Waals surface area contributed by atoms with E-state index in [1.165, 1.54) is 0 Å². The highest BCUT2D eigenvalue weighted by Gasteiger charge is 2.13. The number of aromatic nitrogens is 2. The second-order valence-electron chi connectivity index (χ2n) is 5.28. The Balaban J connectivity index is 1.95. The number of anilines is 1. The fraction of sp³-hybridized carbons (Fsp3) is 0. The Bertz CT molecular complexity index is 1120. The molecule has 1 aromatic heterocycles. The molecule has 7 nitrogen and oxygen atoms in total. The Labute approximate surface area is 151 Å². The molecule has 0 unspecified atom stereocenters. The van der Waals surface area contributed by atoms with Gasteiger partial charge in [0.2, 0.25) is 5.95 Å². The highest BCUT2D eigenvalue weighted by molar-refractivity contribution is 5.84. The average molecular weight is 367 g/mol. The average Bonchev–Trinajstić information content (AvgIpc) is 2.68. The van der Waals surface area contributed by atoms with Crippen molar-refractivity contribution in [3.05, 3.63) is 75.6 Å². The monoisotopic (exact) mass is 367 g/mol. The quantitative estimate of drug-likeness (QED) is 0.485. The molecule has 3 N–H and O–H groups in total. The van der Waals surface area contributed by atoms with Gasteiger partial charge in [0.1, 0.15) is 17.4 Å². The summed E-state index contributed by atoms with van der Waals surface area (Å²) in [7, 11) is 0. The number of phenols is 1. The molecule has 2 aromatic carbocycles. The van der Waals surface area contributed by atoms with Gasteiger partial charge in [0, 0.05) is 5.56 Å². The number of hydrogen-bond acceptors (Lipinski definition) is 6. The molecule has 0 spiro atoms. The zero-order chi connectivity index (χ0) is 19.4. The zero-order valence-electron chi connectivity index (χ0n) is 13.6. The first-order chi connectivity index (χ1) is 13.0. The molecule has 0 aliphatic carbocycles. The predicted molar refractivity (Wildman–Crippen MR) is 94.2 cm³/mol. The Morgan fingerprint density at radius 1 is 1.22 bits per heavy atom. The molecule has 0 atom stereocenters. The first-order valence-corrected chi connectivity index (χ1v) is 7.57. The van der Waals surface area contributed by atoms with E-state index in [1.54, 1.807) is 36.4 Å². The van der Waals surface area contributed by atoms with Crippen molar-refractivity contribution in [2.75, 3.05) is 5.43 Å². The number of hydrogen-bond donors (Lipinski definition) is 3. The summed E-state index contributed by atoms with van der Waals surface area (Å²) in [6.07, 6.45) is 0.841. The largest absolute Gasteiger partial charge is 0.507 e. The van der Waals surface area contributed by atoms with Crippen molar-refractivity contribution >= 4 is 12.2 Å². The summed E-state index contributed by atoms with van der Waals surface area (Å²) in [4.78, 5) is 18.5. The summed E-state index contributed by atoms with van der Waals surface area (Å²) in [5, 5.41) is 22.4. The number of nitriles is 1. The van der Waals surface area contributed by atoms with E-state index in [0.717, 1.165) is 18.3 Å². The Morgan fingerprint density at radius 2 is 1.96 bits per heavy atom. The van der Waals surface area contributed by atoms with E-state index in [9.17, 15) is 23.9 Å². The van der Waals surface area contributed by atoms with Crippen LogP contribution in [0.2, 0.25) is 0 Å². The van der Waals surface area contributed by atoms with Gasteiger partial charge in [0.15, 0.2) is 11.6 Å². The van der Waals surface area contributed by atoms with Crippen molar-refractivity contribution in [3.8, 4) is 23.1 Å². The zero-order valence-corrected chi connectivity index (χ0v) is 13.6. The second kappa shape index (κ2) is 7.45. The van der Waals surface area contributed by atoms with Gasteiger partial charge >= 0.3 is 0 Å². The van der Waals surface area contributed by atoms with E-state index in [4.69, 9.17) is 0 Å². The van der Waals surface area contributed by atoms with Crippen LogP contribution in [0.3, 0.4) is 0 Å². The van der Waals surface area contributed by atoms with Gasteiger partial charge in [0.05, 0.1) is 17.5 Å². The maximum absolute atomic E-state index is 13.7. The summed E-state index contributed by atoms with van der Waals surface area (Å²) < 4.78 is 26.9. The molecule has 0 saturated carbocycles. The lowest BCUT2D eigenvalue weighted by Crippen LogP contribution is -2.16. The molecule has 134 valence electrons. The van der Waals surface area contributed by atoms with Crippen LogP contribution >= 0.6 is 0 Å². The first-order valence-electron chi connectivity index (χ1n) is 7.57. The standard InChI is InChI=1S/C18H11F2N5O2/c19-13-6-7-14(26)12(15(13)20)9-22-25-18-23-16(10-4-2-1-3-5-10)11(8-21)17(27)24-18/h1-7,9,26H,(H2,23,24,25,27). The molecular formula is C18H11F2N5O2. The fourth-order valence-corrected chi connectivity index (χ4v) is 2.27. The van der Waals surface area contributed by atoms with Crippen LogP contribution < -0.4 is 11.0 Å². The van der Waals surface area contributed by atoms with Crippen LogP contribution in [0.5, 0.6) is 5.75 Å². The van der Waals surface area contributed by atoms with Gasteiger partial charge in [-0.15, -0.1) is 0 Å². The minimum absolute atomic E-state index is 0.120. The number of H-pyrrole nitrogens is 1. The van der Waals surface area contributed by atoms with E-state index < -0.39 is 28.5 Å². The summed E-state index contributed by atoms with van der Waals surface area (Å²) in [6, 6.07) is 12.1. The van der Waals surface area contributed by atoms with Crippen LogP contribution in [-0.4, -0.2) is 21.3 Å². The minimum Gasteiger partial charge on any atom is -0.507 e. The van der Waals surface area contributed by atoms with Gasteiger partial charge in [-0.2, -0.15) is 10.4 Å². The molecule has 0 bridgehead atoms. The summed E-state index contributed by atoms with van der Waals surface area (Å²) in [5.74, 6) is -3.05. The third-order valence-corrected chi connectivity index (χ3v) is 3.55. The number of rotatable bonds is 4. The predicted octanol–water partition coefficient (Wildman–Crippen LogP) is 2.74. The third-order valence-electron chi connectivity index (χ3n) is 3.55. The molecule has 0 radical (unpaired) electrons. The van der Waals surface area contributed by atoms with E-state index in [2.05, 4.69) is 20.5 Å². The summed E-state index contributed by atoms with van der Waals surface area (Å²) in [6.45, 7) is 0. The molecule has 0 saturated heterocycles. The number of nitrogens with one attached hydrogen (secondary N) is 2. The number of aromatic amines is 1. The van der Waals surface area contributed by atoms with E-state index in [1.807, 2.05) is 0 Å². The number of hydrazone groups is 1. The van der Waals surface area contributed by atoms with E-state index in [0.29, 0.717) is 5.56 Å². The van der Waals surface area contributed by atoms with Crippen molar-refractivity contribution in [2.45, 2.75) is 0 Å². The number of halogens is 2. The molecule has 0 amide bonds. The molecule has 0 fully saturated rings. The Hall–Kier alpha value is -4.06. The van der Waals surface area contributed by atoms with Gasteiger partial charge in [0.25, 0.3) is 5.56 Å². The highest BCUT2D eigenvalue weighted by atomic mass is 19.2. The molecule has 0 aliphatic heterocycles. The number of nitrogens with zero attached hydrogens (tertiary/aromatic N) is 3. The molecule has 3 aromatic rings. The van der Waals surface area contributed by atoms with Crippen LogP contribution in [0.1, 0.15) is 11.1 Å². The molecule has 9 heteroatoms. The Morgan fingerprint density at radius 3 is 2.67 bits per heavy atom. The van der Waals surface area contributed by atoms with E-state index >= 15 is 0 Å². The topological polar surface area (TPSA) is 114 Å². The van der Waals surface area contributed by atoms with Crippen molar-refractivity contribution in [2.24, 2.45) is 5.10 Å². The van der Waals surface area contributed by atoms with Crippen LogP contribution in [0.4, 0.5) is 14.7 Å². The molecular weight excluding hydrogens is 356 g/mol. The van der Waals surface area contributed by atoms with Crippen molar-refractivity contribution < 1.29 is 13.9 Å². The smallest absolute Gasteiger partial charge is 0.270 e. The van der Waals surface area contributed by atoms with Gasteiger partial charge in [-0.25, -0.2) is 19.2 Å². The maximum atomic E-state index is 13.7. The van der Waals surface area contributed by atoms with Crippen molar-refractivity contribution in [3.63, 3.8) is 0 Å². The Kier molecular flexibility index (Phi) is 4.90. The minimum atomic E-state index is -1.27. The van der Waals surface area contributed by atoms with Crippen molar-refractivity contribution in [1.29, 1.82) is 5.26 Å². The summed E-state index contributed by atoms with van der Waals surface area (Å²) in [5.41, 5.74) is 1.71. The third kappa shape index (κ3) is 3.64. The van der Waals surface area contributed by atoms with Crippen LogP contribution in [0.25, 0.3) is 11.3 Å². The summed E-state index contributed by atoms with van der Waals surface area (Å²) >= 11 is 0. The van der Waals surface area contributed by atoms with E-state index in [-0.39, 0.29) is 17.2 Å². The van der Waals surface area contributed by atoms with Gasteiger partial charge in [-0.1, -0.05) is 30.3 Å². The number of aromatic hydroxyl groups is 1. The lowest BCUT2D eigenvalue weighted by Gasteiger charge is -2.06. The van der Waals surface area contributed by atoms with Crippen LogP contribution in [0.15, 0.2) is 52.4 Å². The van der Waals surface area contributed by atoms with Gasteiger partial charge in [-0.3, -0.25) is 9.78 Å². The molecule has 0 aliphatic rings. The first kappa shape index (κ1) is 17.8. The lowest BCUT2D eigenvalue weighted by atomic mass is 10.1. The second-order valence-corrected chi connectivity index (χ2v) is 5.28. The number of phenolic OH excluding ortho intramolecular Hbond substituents is 1. The van der Waals surface area contributed by atoms with Crippen molar-refractivity contribution in [1.82, 2.24) is 9.97 Å². The molecule has 1 heterocycles. The van der Waals surface area contributed by atoms with Gasteiger partial charge < -0.3 is 5.11 Å². The fourth-order valence-electron chi connectivity index (χ4n) is 2.27. The maximum Gasteiger partial charge on any atom is 0.270 e. The normalized spacial score (nSPS) is 10.7. The van der Waals surface area contributed by atoms with Crippen LogP contribution in [0, 0.1) is 23.0 Å². The SMILES string of the molecule is N#Cc1c(-c2ccccc2)nc(NN=Cc2c(O)ccc(F)c2F)[nH]c1=O. The molecule has 27 heavy (non-hydrogen) atoms. The lowest BCUT2D eigenvalue weighted by molar-refractivity contribution is 0.453.